The number of benzene rings is 2. The van der Waals surface area contributed by atoms with Gasteiger partial charge in [0.1, 0.15) is 12.4 Å². The van der Waals surface area contributed by atoms with Gasteiger partial charge >= 0.3 is 0 Å². The molecule has 2 amide bonds. The van der Waals surface area contributed by atoms with Crippen molar-refractivity contribution in [3.63, 3.8) is 0 Å². The third-order valence-corrected chi connectivity index (χ3v) is 5.02. The van der Waals surface area contributed by atoms with Crippen molar-refractivity contribution in [2.24, 2.45) is 5.16 Å². The molecule has 13 heteroatoms. The van der Waals surface area contributed by atoms with Crippen molar-refractivity contribution in [1.82, 2.24) is 10.4 Å². The molecule has 9 nitrogen and oxygen atoms in total. The molecule has 2 aromatic carbocycles. The number of halogens is 4. The Morgan fingerprint density at radius 2 is 1.94 bits per heavy atom. The minimum Gasteiger partial charge on any atom is -0.394 e. The highest BCUT2D eigenvalue weighted by molar-refractivity contribution is 14.1. The maximum Gasteiger partial charge on any atom is 0.277 e. The molecule has 0 aliphatic heterocycles. The number of hydrogen-bond donors (Lipinski definition) is 3. The molecule has 0 atom stereocenters. The monoisotopic (exact) mass is 594 g/mol. The summed E-state index contributed by atoms with van der Waals surface area (Å²) in [5.41, 5.74) is 0.305. The van der Waals surface area contributed by atoms with Gasteiger partial charge in [0.05, 0.1) is 42.9 Å². The van der Waals surface area contributed by atoms with Gasteiger partial charge in [0, 0.05) is 23.1 Å². The van der Waals surface area contributed by atoms with Gasteiger partial charge in [0.15, 0.2) is 11.6 Å². The minimum absolute atomic E-state index is 0.00918. The Kier molecular flexibility index (Phi) is 10.5. The van der Waals surface area contributed by atoms with Crippen molar-refractivity contribution in [3.05, 3.63) is 56.4 Å². The largest absolute Gasteiger partial charge is 0.394 e. The molecular weight excluding hydrogens is 572 g/mol. The Bertz CT molecular complexity index is 1070. The molecule has 0 fully saturated rings. The van der Waals surface area contributed by atoms with E-state index >= 15 is 0 Å². The van der Waals surface area contributed by atoms with Gasteiger partial charge in [-0.25, -0.2) is 18.7 Å². The van der Waals surface area contributed by atoms with Gasteiger partial charge in [-0.1, -0.05) is 5.16 Å². The number of rotatable bonds is 11. The second-order valence-corrected chi connectivity index (χ2v) is 8.02. The Balaban J connectivity index is 2.35. The quantitative estimate of drug-likeness (QED) is 0.160. The van der Waals surface area contributed by atoms with E-state index in [1.807, 2.05) is 28.1 Å². The summed E-state index contributed by atoms with van der Waals surface area (Å²) in [4.78, 5) is 34.8. The minimum atomic E-state index is -1.47. The standard InChI is InChI=1S/C21H22F3IN4O5/c1-12(31)29(2)5-7-33-26-11-13-9-15(21(32)28-34-8-6-30)20(19(24)18(13)23)27-17-4-3-14(25)10-16(17)22/h3-4,9-11,27,30H,5-8H2,1-2H3,(H,28,32). The molecule has 0 bridgehead atoms. The fourth-order valence-corrected chi connectivity index (χ4v) is 2.92. The van der Waals surface area contributed by atoms with E-state index in [-0.39, 0.29) is 31.4 Å². The van der Waals surface area contributed by atoms with Crippen molar-refractivity contribution in [1.29, 1.82) is 0 Å². The summed E-state index contributed by atoms with van der Waals surface area (Å²) in [5, 5.41) is 14.7. The van der Waals surface area contributed by atoms with Crippen LogP contribution in [0.4, 0.5) is 24.5 Å². The predicted molar refractivity (Wildman–Crippen MR) is 126 cm³/mol. The highest BCUT2D eigenvalue weighted by Crippen LogP contribution is 2.30. The predicted octanol–water partition coefficient (Wildman–Crippen LogP) is 2.93. The summed E-state index contributed by atoms with van der Waals surface area (Å²) in [6.07, 6.45) is 0.854. The number of aliphatic hydroxyl groups is 1. The van der Waals surface area contributed by atoms with Crippen molar-refractivity contribution in [2.75, 3.05) is 38.7 Å². The molecule has 2 rings (SSSR count). The average molecular weight is 594 g/mol. The van der Waals surface area contributed by atoms with Crippen LogP contribution in [0.2, 0.25) is 0 Å². The normalized spacial score (nSPS) is 10.9. The first-order chi connectivity index (χ1) is 16.1. The number of amides is 2. The van der Waals surface area contributed by atoms with Gasteiger partial charge in [-0.05, 0) is 46.9 Å². The fraction of sp³-hybridized carbons (Fsp3) is 0.286. The third-order valence-electron chi connectivity index (χ3n) is 4.35. The maximum atomic E-state index is 15.0. The molecule has 0 aromatic heterocycles. The molecule has 0 saturated carbocycles. The van der Waals surface area contributed by atoms with E-state index in [0.717, 1.165) is 12.3 Å². The first-order valence-electron chi connectivity index (χ1n) is 9.79. The number of hydrogen-bond acceptors (Lipinski definition) is 7. The number of likely N-dealkylation sites (N-methyl/N-ethyl adjacent to an activating group) is 1. The van der Waals surface area contributed by atoms with Crippen molar-refractivity contribution in [3.8, 4) is 0 Å². The highest BCUT2D eigenvalue weighted by atomic mass is 127. The zero-order valence-corrected chi connectivity index (χ0v) is 20.4. The molecule has 0 unspecified atom stereocenters. The van der Waals surface area contributed by atoms with Gasteiger partial charge in [0.25, 0.3) is 5.91 Å². The summed E-state index contributed by atoms with van der Waals surface area (Å²) in [5.74, 6) is -4.75. The first-order valence-corrected chi connectivity index (χ1v) is 10.9. The maximum absolute atomic E-state index is 15.0. The van der Waals surface area contributed by atoms with Crippen LogP contribution < -0.4 is 10.8 Å². The van der Waals surface area contributed by atoms with Gasteiger partial charge in [0.2, 0.25) is 5.91 Å². The Morgan fingerprint density at radius 1 is 1.21 bits per heavy atom. The second kappa shape index (κ2) is 13.1. The lowest BCUT2D eigenvalue weighted by molar-refractivity contribution is -0.128. The third kappa shape index (κ3) is 7.56. The van der Waals surface area contributed by atoms with Crippen LogP contribution in [0.3, 0.4) is 0 Å². The summed E-state index contributed by atoms with van der Waals surface area (Å²) >= 11 is 1.88. The summed E-state index contributed by atoms with van der Waals surface area (Å²) in [6.45, 7) is 0.927. The number of anilines is 2. The summed E-state index contributed by atoms with van der Waals surface area (Å²) in [6, 6.07) is 4.98. The van der Waals surface area contributed by atoms with E-state index in [1.54, 1.807) is 7.05 Å². The molecule has 0 saturated heterocycles. The van der Waals surface area contributed by atoms with E-state index in [2.05, 4.69) is 10.5 Å². The number of nitrogens with zero attached hydrogens (tertiary/aromatic N) is 2. The van der Waals surface area contributed by atoms with Crippen LogP contribution in [-0.4, -0.2) is 61.4 Å². The molecule has 0 spiro atoms. The Morgan fingerprint density at radius 3 is 2.59 bits per heavy atom. The molecule has 0 radical (unpaired) electrons. The second-order valence-electron chi connectivity index (χ2n) is 6.78. The van der Waals surface area contributed by atoms with Crippen molar-refractivity contribution >= 4 is 52.0 Å². The lowest BCUT2D eigenvalue weighted by atomic mass is 10.1. The average Bonchev–Trinajstić information content (AvgIpc) is 2.79. The number of nitrogens with one attached hydrogen (secondary N) is 2. The molecule has 0 aliphatic rings. The number of carbonyl (C=O) groups is 2. The Labute approximate surface area is 207 Å². The Hall–Kier alpha value is -2.91. The zero-order valence-electron chi connectivity index (χ0n) is 18.2. The van der Waals surface area contributed by atoms with Crippen molar-refractivity contribution in [2.45, 2.75) is 6.92 Å². The number of aliphatic hydroxyl groups excluding tert-OH is 1. The van der Waals surface area contributed by atoms with Crippen LogP contribution in [0.15, 0.2) is 29.4 Å². The number of carbonyl (C=O) groups excluding carboxylic acids is 2. The summed E-state index contributed by atoms with van der Waals surface area (Å²) < 4.78 is 44.5. The van der Waals surface area contributed by atoms with Gasteiger partial charge in [-0.15, -0.1) is 0 Å². The van der Waals surface area contributed by atoms with Crippen LogP contribution in [0, 0.1) is 21.0 Å². The SMILES string of the molecule is CC(=O)N(C)CCON=Cc1cc(C(=O)NOCCO)c(Nc2ccc(I)cc2F)c(F)c1F. The highest BCUT2D eigenvalue weighted by Gasteiger charge is 2.23. The fourth-order valence-electron chi connectivity index (χ4n) is 2.47. The van der Waals surface area contributed by atoms with E-state index in [0.29, 0.717) is 3.57 Å². The van der Waals surface area contributed by atoms with Gasteiger partial charge < -0.3 is 20.2 Å². The van der Waals surface area contributed by atoms with Crippen LogP contribution in [-0.2, 0) is 14.5 Å². The van der Waals surface area contributed by atoms with Crippen molar-refractivity contribution < 1.29 is 37.5 Å². The smallest absolute Gasteiger partial charge is 0.277 e. The van der Waals surface area contributed by atoms with Gasteiger partial charge in [-0.3, -0.25) is 14.4 Å². The number of oxime groups is 1. The van der Waals surface area contributed by atoms with E-state index in [9.17, 15) is 22.8 Å². The van der Waals surface area contributed by atoms with Crippen LogP contribution in [0.1, 0.15) is 22.8 Å². The van der Waals surface area contributed by atoms with Crippen LogP contribution >= 0.6 is 22.6 Å². The molecule has 3 N–H and O–H groups in total. The summed E-state index contributed by atoms with van der Waals surface area (Å²) in [7, 11) is 1.55. The lowest BCUT2D eigenvalue weighted by Gasteiger charge is -2.16. The van der Waals surface area contributed by atoms with Crippen LogP contribution in [0.25, 0.3) is 0 Å². The number of hydroxylamine groups is 1. The van der Waals surface area contributed by atoms with Crippen LogP contribution in [0.5, 0.6) is 0 Å². The first kappa shape index (κ1) is 27.3. The lowest BCUT2D eigenvalue weighted by Crippen LogP contribution is -2.27. The van der Waals surface area contributed by atoms with E-state index in [4.69, 9.17) is 14.8 Å². The molecule has 34 heavy (non-hydrogen) atoms. The molecule has 2 aromatic rings. The van der Waals surface area contributed by atoms with E-state index < -0.39 is 46.8 Å². The van der Waals surface area contributed by atoms with Gasteiger partial charge in [-0.2, -0.15) is 0 Å². The molecule has 0 aliphatic carbocycles. The molecule has 184 valence electrons. The topological polar surface area (TPSA) is 112 Å². The van der Waals surface area contributed by atoms with E-state index in [1.165, 1.54) is 30.0 Å². The zero-order chi connectivity index (χ0) is 25.3. The molecular formula is C21H22F3IN4O5. The molecule has 0 heterocycles.